The first-order valence-corrected chi connectivity index (χ1v) is 8.42. The van der Waals surface area contributed by atoms with E-state index in [1.54, 1.807) is 36.4 Å². The standard InChI is InChI=1S/C15H11ClN2O3S/c16-12-5-3-4-11(8-12)15-18-13(9-21-15)10-22(19,20)14-6-1-2-7-17-14/h1-9H,10H2. The quantitative estimate of drug-likeness (QED) is 0.731. The molecule has 0 N–H and O–H groups in total. The first-order chi connectivity index (χ1) is 10.5. The summed E-state index contributed by atoms with van der Waals surface area (Å²) in [5.41, 5.74) is 1.01. The first-order valence-electron chi connectivity index (χ1n) is 6.39. The number of nitrogens with zero attached hydrogens (tertiary/aromatic N) is 2. The Balaban J connectivity index is 1.86. The normalized spacial score (nSPS) is 11.5. The number of rotatable bonds is 4. The summed E-state index contributed by atoms with van der Waals surface area (Å²) in [6.45, 7) is 0. The van der Waals surface area contributed by atoms with E-state index in [4.69, 9.17) is 16.0 Å². The summed E-state index contributed by atoms with van der Waals surface area (Å²) in [6.07, 6.45) is 2.77. The molecule has 112 valence electrons. The van der Waals surface area contributed by atoms with Crippen molar-refractivity contribution in [2.24, 2.45) is 0 Å². The number of oxazole rings is 1. The van der Waals surface area contributed by atoms with Gasteiger partial charge in [0.25, 0.3) is 0 Å². The van der Waals surface area contributed by atoms with E-state index in [9.17, 15) is 8.42 Å². The van der Waals surface area contributed by atoms with E-state index in [0.717, 1.165) is 0 Å². The minimum Gasteiger partial charge on any atom is -0.444 e. The molecule has 3 aromatic rings. The third kappa shape index (κ3) is 3.18. The van der Waals surface area contributed by atoms with Crippen LogP contribution < -0.4 is 0 Å². The summed E-state index contributed by atoms with van der Waals surface area (Å²) >= 11 is 5.91. The van der Waals surface area contributed by atoms with E-state index in [-0.39, 0.29) is 10.8 Å². The predicted octanol–water partition coefficient (Wildman–Crippen LogP) is 3.36. The minimum atomic E-state index is -3.55. The van der Waals surface area contributed by atoms with Crippen molar-refractivity contribution < 1.29 is 12.8 Å². The molecule has 0 amide bonds. The van der Waals surface area contributed by atoms with Gasteiger partial charge in [-0.25, -0.2) is 18.4 Å². The van der Waals surface area contributed by atoms with Gasteiger partial charge in [0.05, 0.1) is 5.69 Å². The molecule has 2 aromatic heterocycles. The van der Waals surface area contributed by atoms with Crippen LogP contribution in [0.4, 0.5) is 0 Å². The number of halogens is 1. The van der Waals surface area contributed by atoms with Crippen molar-refractivity contribution in [3.8, 4) is 11.5 Å². The van der Waals surface area contributed by atoms with Crippen molar-refractivity contribution in [3.05, 3.63) is 65.6 Å². The van der Waals surface area contributed by atoms with Gasteiger partial charge >= 0.3 is 0 Å². The Bertz CT molecular complexity index is 892. The van der Waals surface area contributed by atoms with Crippen molar-refractivity contribution in [1.29, 1.82) is 0 Å². The lowest BCUT2D eigenvalue weighted by atomic mass is 10.2. The fourth-order valence-corrected chi connectivity index (χ4v) is 3.29. The van der Waals surface area contributed by atoms with E-state index in [2.05, 4.69) is 9.97 Å². The molecule has 0 radical (unpaired) electrons. The first kappa shape index (κ1) is 14.7. The van der Waals surface area contributed by atoms with E-state index in [0.29, 0.717) is 22.2 Å². The van der Waals surface area contributed by atoms with Crippen LogP contribution in [0.15, 0.2) is 64.4 Å². The summed E-state index contributed by atoms with van der Waals surface area (Å²) in [4.78, 5) is 8.06. The lowest BCUT2D eigenvalue weighted by Crippen LogP contribution is -2.06. The van der Waals surface area contributed by atoms with E-state index >= 15 is 0 Å². The van der Waals surface area contributed by atoms with Gasteiger partial charge < -0.3 is 4.42 Å². The molecule has 0 aliphatic carbocycles. The van der Waals surface area contributed by atoms with Gasteiger partial charge in [-0.15, -0.1) is 0 Å². The Morgan fingerprint density at radius 3 is 2.73 bits per heavy atom. The maximum atomic E-state index is 12.2. The fourth-order valence-electron chi connectivity index (χ4n) is 1.93. The molecule has 5 nitrogen and oxygen atoms in total. The van der Waals surface area contributed by atoms with Crippen LogP contribution in [-0.4, -0.2) is 18.4 Å². The Kier molecular flexibility index (Phi) is 3.96. The zero-order chi connectivity index (χ0) is 15.6. The van der Waals surface area contributed by atoms with Crippen LogP contribution in [0, 0.1) is 0 Å². The van der Waals surface area contributed by atoms with Gasteiger partial charge in [-0.05, 0) is 30.3 Å². The van der Waals surface area contributed by atoms with Crippen molar-refractivity contribution >= 4 is 21.4 Å². The summed E-state index contributed by atoms with van der Waals surface area (Å²) < 4.78 is 29.8. The van der Waals surface area contributed by atoms with Gasteiger partial charge in [0.1, 0.15) is 12.0 Å². The molecule has 0 bridgehead atoms. The second kappa shape index (κ2) is 5.90. The zero-order valence-electron chi connectivity index (χ0n) is 11.3. The number of pyridine rings is 1. The van der Waals surface area contributed by atoms with Crippen LogP contribution in [-0.2, 0) is 15.6 Å². The van der Waals surface area contributed by atoms with Crippen LogP contribution in [0.2, 0.25) is 5.02 Å². The van der Waals surface area contributed by atoms with E-state index in [1.807, 2.05) is 0 Å². The van der Waals surface area contributed by atoms with Crippen molar-refractivity contribution in [2.75, 3.05) is 0 Å². The topological polar surface area (TPSA) is 73.1 Å². The van der Waals surface area contributed by atoms with Crippen LogP contribution in [0.5, 0.6) is 0 Å². The lowest BCUT2D eigenvalue weighted by molar-refractivity contribution is 0.571. The van der Waals surface area contributed by atoms with Gasteiger partial charge in [-0.3, -0.25) is 0 Å². The van der Waals surface area contributed by atoms with E-state index < -0.39 is 9.84 Å². The highest BCUT2D eigenvalue weighted by molar-refractivity contribution is 7.90. The highest BCUT2D eigenvalue weighted by Gasteiger charge is 2.19. The molecule has 22 heavy (non-hydrogen) atoms. The molecular formula is C15H11ClN2O3S. The third-order valence-electron chi connectivity index (χ3n) is 2.92. The number of aromatic nitrogens is 2. The van der Waals surface area contributed by atoms with Crippen molar-refractivity contribution in [1.82, 2.24) is 9.97 Å². The number of benzene rings is 1. The maximum absolute atomic E-state index is 12.2. The largest absolute Gasteiger partial charge is 0.444 e. The second-order valence-corrected chi connectivity index (χ2v) is 6.95. The fraction of sp³-hybridized carbons (Fsp3) is 0.0667. The third-order valence-corrected chi connectivity index (χ3v) is 4.71. The molecule has 0 aliphatic rings. The number of hydrogen-bond donors (Lipinski definition) is 0. The number of hydrogen-bond acceptors (Lipinski definition) is 5. The van der Waals surface area contributed by atoms with Crippen LogP contribution in [0.1, 0.15) is 5.69 Å². The van der Waals surface area contributed by atoms with Gasteiger partial charge in [-0.2, -0.15) is 0 Å². The molecule has 0 saturated carbocycles. The Labute approximate surface area is 132 Å². The van der Waals surface area contributed by atoms with Crippen LogP contribution in [0.3, 0.4) is 0 Å². The average Bonchev–Trinajstić information content (AvgIpc) is 2.96. The summed E-state index contributed by atoms with van der Waals surface area (Å²) in [6, 6.07) is 11.7. The average molecular weight is 335 g/mol. The van der Waals surface area contributed by atoms with Gasteiger partial charge in [0, 0.05) is 16.8 Å². The molecule has 1 aromatic carbocycles. The molecule has 0 unspecified atom stereocenters. The molecule has 0 saturated heterocycles. The highest BCUT2D eigenvalue weighted by atomic mass is 35.5. The molecular weight excluding hydrogens is 324 g/mol. The van der Waals surface area contributed by atoms with Gasteiger partial charge in [0.15, 0.2) is 5.03 Å². The monoisotopic (exact) mass is 334 g/mol. The Morgan fingerprint density at radius 2 is 2.00 bits per heavy atom. The number of sulfone groups is 1. The Hall–Kier alpha value is -2.18. The Morgan fingerprint density at radius 1 is 1.14 bits per heavy atom. The maximum Gasteiger partial charge on any atom is 0.226 e. The lowest BCUT2D eigenvalue weighted by Gasteiger charge is -2.00. The summed E-state index contributed by atoms with van der Waals surface area (Å²) in [5.74, 6) is 0.0578. The molecule has 0 aliphatic heterocycles. The second-order valence-electron chi connectivity index (χ2n) is 4.58. The molecule has 0 fully saturated rings. The van der Waals surface area contributed by atoms with Crippen molar-refractivity contribution in [2.45, 2.75) is 10.8 Å². The minimum absolute atomic E-state index is 0.0160. The smallest absolute Gasteiger partial charge is 0.226 e. The van der Waals surface area contributed by atoms with Gasteiger partial charge in [-0.1, -0.05) is 23.7 Å². The summed E-state index contributed by atoms with van der Waals surface area (Å²) in [5, 5.41) is 0.570. The molecule has 7 heteroatoms. The molecule has 3 rings (SSSR count). The van der Waals surface area contributed by atoms with E-state index in [1.165, 1.54) is 18.5 Å². The van der Waals surface area contributed by atoms with Crippen LogP contribution >= 0.6 is 11.6 Å². The van der Waals surface area contributed by atoms with Crippen LogP contribution in [0.25, 0.3) is 11.5 Å². The highest BCUT2D eigenvalue weighted by Crippen LogP contribution is 2.23. The zero-order valence-corrected chi connectivity index (χ0v) is 12.9. The van der Waals surface area contributed by atoms with Gasteiger partial charge in [0.2, 0.25) is 15.7 Å². The predicted molar refractivity (Wildman–Crippen MR) is 82.1 cm³/mol. The van der Waals surface area contributed by atoms with Crippen molar-refractivity contribution in [3.63, 3.8) is 0 Å². The SMILES string of the molecule is O=S(=O)(Cc1coc(-c2cccc(Cl)c2)n1)c1ccccn1. The molecule has 0 spiro atoms. The molecule has 2 heterocycles. The molecule has 0 atom stereocenters. The summed E-state index contributed by atoms with van der Waals surface area (Å²) in [7, 11) is -3.55.